The van der Waals surface area contributed by atoms with E-state index in [1.54, 1.807) is 0 Å². The lowest BCUT2D eigenvalue weighted by Crippen LogP contribution is -1.91. The van der Waals surface area contributed by atoms with Crippen LogP contribution < -0.4 is 18.2 Å². The predicted octanol–water partition coefficient (Wildman–Crippen LogP) is 8.63. The number of fused-ring (bicyclic) bond motifs is 1. The topological polar surface area (TPSA) is 42.5 Å². The molecule has 4 rings (SSSR count). The van der Waals surface area contributed by atoms with E-state index < -0.39 is 0 Å². The number of anilines is 2. The molecule has 4 aromatic carbocycles. The molecule has 0 aliphatic carbocycles. The first-order chi connectivity index (χ1) is 14.2. The van der Waals surface area contributed by atoms with Crippen molar-refractivity contribution in [2.45, 2.75) is 0 Å². The van der Waals surface area contributed by atoms with Crippen molar-refractivity contribution in [1.29, 1.82) is 0 Å². The Morgan fingerprint density at radius 3 is 1.86 bits per heavy atom. The number of para-hydroxylation sites is 4. The summed E-state index contributed by atoms with van der Waals surface area (Å²) in [6.45, 7) is 0. The molecule has 0 aromatic heterocycles. The van der Waals surface area contributed by atoms with Crippen LogP contribution in [0.2, 0.25) is 0 Å². The molecule has 0 spiro atoms. The number of benzene rings is 4. The maximum atomic E-state index is 6.14. The molecule has 0 aliphatic heterocycles. The molecule has 0 unspecified atom stereocenters. The van der Waals surface area contributed by atoms with E-state index in [0.717, 1.165) is 38.1 Å². The summed E-state index contributed by atoms with van der Waals surface area (Å²) >= 11 is 10.2. The summed E-state index contributed by atoms with van der Waals surface area (Å²) in [5, 5.41) is 2.07. The number of nitrogens with one attached hydrogen (secondary N) is 2. The highest BCUT2D eigenvalue weighted by Crippen LogP contribution is 2.40. The Bertz CT molecular complexity index is 1160. The number of hydrogen-bond acceptors (Lipinski definition) is 4. The molecule has 7 heteroatoms. The van der Waals surface area contributed by atoms with E-state index in [1.165, 1.54) is 0 Å². The minimum atomic E-state index is 0.715. The predicted molar refractivity (Wildman–Crippen MR) is 130 cm³/mol. The van der Waals surface area contributed by atoms with Crippen LogP contribution in [0.4, 0.5) is 11.4 Å². The van der Waals surface area contributed by atoms with Crippen LogP contribution in [0.1, 0.15) is 0 Å². The molecule has 0 radical (unpaired) electrons. The summed E-state index contributed by atoms with van der Waals surface area (Å²) in [5.41, 5.74) is 1.69. The first kappa shape index (κ1) is 20.1. The van der Waals surface area contributed by atoms with Crippen LogP contribution >= 0.6 is 48.2 Å². The highest BCUT2D eigenvalue weighted by molar-refractivity contribution is 9.11. The Morgan fingerprint density at radius 2 is 1.21 bits per heavy atom. The summed E-state index contributed by atoms with van der Waals surface area (Å²) in [6.07, 6.45) is 0. The van der Waals surface area contributed by atoms with E-state index in [4.69, 9.17) is 9.47 Å². The van der Waals surface area contributed by atoms with Crippen LogP contribution in [-0.4, -0.2) is 0 Å². The molecule has 0 atom stereocenters. The molecule has 29 heavy (non-hydrogen) atoms. The van der Waals surface area contributed by atoms with Gasteiger partial charge in [0.15, 0.2) is 11.5 Å². The Morgan fingerprint density at radius 1 is 0.621 bits per heavy atom. The van der Waals surface area contributed by atoms with E-state index in [9.17, 15) is 0 Å². The molecule has 0 saturated heterocycles. The molecule has 0 saturated carbocycles. The fourth-order valence-corrected chi connectivity index (χ4v) is 4.11. The maximum Gasteiger partial charge on any atom is 0.151 e. The van der Waals surface area contributed by atoms with Crippen molar-refractivity contribution in [3.63, 3.8) is 0 Å². The van der Waals surface area contributed by atoms with Gasteiger partial charge in [-0.2, -0.15) is 0 Å². The average Bonchev–Trinajstić information content (AvgIpc) is 2.77. The molecular formula is C22H15Br3N2O2. The van der Waals surface area contributed by atoms with Crippen molar-refractivity contribution in [3.05, 3.63) is 83.3 Å². The van der Waals surface area contributed by atoms with Crippen LogP contribution in [-0.2, 0) is 0 Å². The van der Waals surface area contributed by atoms with Gasteiger partial charge in [-0.05, 0) is 63.8 Å². The van der Waals surface area contributed by atoms with Gasteiger partial charge >= 0.3 is 0 Å². The number of rotatable bonds is 6. The van der Waals surface area contributed by atoms with E-state index >= 15 is 0 Å². The van der Waals surface area contributed by atoms with Crippen LogP contribution in [0.15, 0.2) is 83.3 Å². The molecule has 146 valence electrons. The van der Waals surface area contributed by atoms with Gasteiger partial charge in [0.25, 0.3) is 0 Å². The van der Waals surface area contributed by atoms with Gasteiger partial charge in [0.1, 0.15) is 11.5 Å². The van der Waals surface area contributed by atoms with Gasteiger partial charge in [0, 0.05) is 37.7 Å². The van der Waals surface area contributed by atoms with Gasteiger partial charge < -0.3 is 18.2 Å². The van der Waals surface area contributed by atoms with Gasteiger partial charge in [-0.3, -0.25) is 0 Å². The van der Waals surface area contributed by atoms with E-state index in [1.807, 2.05) is 78.9 Å². The quantitative estimate of drug-likeness (QED) is 0.225. The van der Waals surface area contributed by atoms with Crippen molar-refractivity contribution < 1.29 is 9.47 Å². The standard InChI is InChI=1S/C22H15Br3N2O2/c23-22-16-13-15(28-19-7-3-1-5-17(19)26-24)11-9-14(16)10-12-21(22)29-20-8-4-2-6-18(20)27-25/h1-13,26-27H. The third-order valence-electron chi connectivity index (χ3n) is 4.32. The SMILES string of the molecule is BrNc1ccccc1Oc1ccc2ccc(Oc3ccccc3NBr)c(Br)c2c1. The lowest BCUT2D eigenvalue weighted by Gasteiger charge is -2.14. The van der Waals surface area contributed by atoms with Crippen molar-refractivity contribution in [3.8, 4) is 23.0 Å². The molecule has 0 aliphatic rings. The molecular weight excluding hydrogens is 564 g/mol. The molecule has 0 heterocycles. The Hall–Kier alpha value is -2.22. The lowest BCUT2D eigenvalue weighted by molar-refractivity contribution is 0.482. The first-order valence-electron chi connectivity index (χ1n) is 8.69. The molecule has 0 bridgehead atoms. The van der Waals surface area contributed by atoms with Crippen LogP contribution in [0, 0.1) is 0 Å². The van der Waals surface area contributed by atoms with E-state index in [2.05, 4.69) is 56.9 Å². The second-order valence-corrected chi connectivity index (χ2v) is 7.73. The average molecular weight is 579 g/mol. The van der Waals surface area contributed by atoms with Crippen molar-refractivity contribution >= 4 is 70.4 Å². The fraction of sp³-hybridized carbons (Fsp3) is 0. The summed E-state index contributed by atoms with van der Waals surface area (Å²) < 4.78 is 19.0. The van der Waals surface area contributed by atoms with Crippen LogP contribution in [0.25, 0.3) is 10.8 Å². The van der Waals surface area contributed by atoms with Crippen molar-refractivity contribution in [2.75, 3.05) is 8.69 Å². The summed E-state index contributed by atoms with van der Waals surface area (Å²) in [6, 6.07) is 25.4. The second kappa shape index (κ2) is 9.07. The largest absolute Gasteiger partial charge is 0.455 e. The second-order valence-electron chi connectivity index (χ2n) is 6.15. The van der Waals surface area contributed by atoms with E-state index in [-0.39, 0.29) is 0 Å². The first-order valence-corrected chi connectivity index (χ1v) is 11.1. The zero-order valence-electron chi connectivity index (χ0n) is 15.0. The molecule has 2 N–H and O–H groups in total. The number of ether oxygens (including phenoxy) is 2. The van der Waals surface area contributed by atoms with Gasteiger partial charge in [0.2, 0.25) is 0 Å². The highest BCUT2D eigenvalue weighted by atomic mass is 79.9. The van der Waals surface area contributed by atoms with Gasteiger partial charge in [0.05, 0.1) is 15.8 Å². The monoisotopic (exact) mass is 576 g/mol. The van der Waals surface area contributed by atoms with Crippen molar-refractivity contribution in [2.24, 2.45) is 0 Å². The Balaban J connectivity index is 1.70. The van der Waals surface area contributed by atoms with Crippen LogP contribution in [0.5, 0.6) is 23.0 Å². The zero-order valence-corrected chi connectivity index (χ0v) is 19.7. The maximum absolute atomic E-state index is 6.14. The lowest BCUT2D eigenvalue weighted by atomic mass is 10.1. The molecule has 0 amide bonds. The molecule has 0 fully saturated rings. The zero-order chi connectivity index (χ0) is 20.2. The highest BCUT2D eigenvalue weighted by Gasteiger charge is 2.11. The third-order valence-corrected chi connectivity index (χ3v) is 5.99. The Labute approximate surface area is 194 Å². The van der Waals surface area contributed by atoms with E-state index in [0.29, 0.717) is 11.5 Å². The normalized spacial score (nSPS) is 10.6. The van der Waals surface area contributed by atoms with Crippen molar-refractivity contribution in [1.82, 2.24) is 0 Å². The molecule has 4 aromatic rings. The summed E-state index contributed by atoms with van der Waals surface area (Å²) in [7, 11) is 0. The number of hydrogen-bond donors (Lipinski definition) is 2. The van der Waals surface area contributed by atoms with Gasteiger partial charge in [-0.25, -0.2) is 0 Å². The third kappa shape index (κ3) is 4.37. The molecule has 4 nitrogen and oxygen atoms in total. The summed E-state index contributed by atoms with van der Waals surface area (Å²) in [4.78, 5) is 0. The van der Waals surface area contributed by atoms with Crippen LogP contribution in [0.3, 0.4) is 0 Å². The Kier molecular flexibility index (Phi) is 6.28. The number of halogens is 3. The smallest absolute Gasteiger partial charge is 0.151 e. The fourth-order valence-electron chi connectivity index (χ4n) is 2.90. The minimum Gasteiger partial charge on any atom is -0.455 e. The van der Waals surface area contributed by atoms with Gasteiger partial charge in [-0.1, -0.05) is 36.4 Å². The minimum absolute atomic E-state index is 0.715. The summed E-state index contributed by atoms with van der Waals surface area (Å²) in [5.74, 6) is 2.89. The van der Waals surface area contributed by atoms with Gasteiger partial charge in [-0.15, -0.1) is 0 Å².